The van der Waals surface area contributed by atoms with Crippen LogP contribution in [0, 0.1) is 0 Å². The Morgan fingerprint density at radius 3 is 1.83 bits per heavy atom. The van der Waals surface area contributed by atoms with Gasteiger partial charge in [0.2, 0.25) is 0 Å². The molecule has 5 heteroatoms. The highest BCUT2D eigenvalue weighted by atomic mass is 19.3. The van der Waals surface area contributed by atoms with Gasteiger partial charge in [-0.05, 0) is 24.0 Å². The van der Waals surface area contributed by atoms with E-state index in [9.17, 15) is 13.6 Å². The van der Waals surface area contributed by atoms with Gasteiger partial charge in [0.05, 0.1) is 25.4 Å². The molecule has 0 spiro atoms. The molecule has 0 aromatic heterocycles. The van der Waals surface area contributed by atoms with E-state index in [1.54, 1.807) is 0 Å². The Labute approximate surface area is 171 Å². The summed E-state index contributed by atoms with van der Waals surface area (Å²) in [6.45, 7) is 1.06. The van der Waals surface area contributed by atoms with Crippen molar-refractivity contribution in [2.45, 2.75) is 69.9 Å². The molecule has 2 fully saturated rings. The van der Waals surface area contributed by atoms with Gasteiger partial charge >= 0.3 is 0 Å². The number of hydrogen-bond acceptors (Lipinski definition) is 3. The molecule has 2 aliphatic carbocycles. The van der Waals surface area contributed by atoms with Crippen molar-refractivity contribution in [1.82, 2.24) is 0 Å². The molecule has 29 heavy (non-hydrogen) atoms. The minimum atomic E-state index is -2.51. The van der Waals surface area contributed by atoms with Crippen LogP contribution in [0.15, 0.2) is 60.7 Å². The quantitative estimate of drug-likeness (QED) is 0.620. The topological polar surface area (TPSA) is 35.5 Å². The van der Waals surface area contributed by atoms with Crippen molar-refractivity contribution in [3.8, 4) is 0 Å². The molecule has 156 valence electrons. The number of ketones is 1. The molecule has 0 heterocycles. The number of alkyl halides is 2. The number of rotatable bonds is 6. The van der Waals surface area contributed by atoms with E-state index in [1.807, 2.05) is 60.7 Å². The second-order valence-corrected chi connectivity index (χ2v) is 7.72. The van der Waals surface area contributed by atoms with Crippen LogP contribution in [0.2, 0.25) is 0 Å². The summed E-state index contributed by atoms with van der Waals surface area (Å²) in [5.74, 6) is -2.18. The van der Waals surface area contributed by atoms with Crippen LogP contribution in [-0.2, 0) is 27.5 Å². The zero-order valence-electron chi connectivity index (χ0n) is 16.6. The summed E-state index contributed by atoms with van der Waals surface area (Å²) in [5, 5.41) is 0. The fourth-order valence-electron chi connectivity index (χ4n) is 3.55. The third-order valence-corrected chi connectivity index (χ3v) is 5.22. The molecule has 2 aromatic carbocycles. The molecule has 0 N–H and O–H groups in total. The molecule has 3 nitrogen and oxygen atoms in total. The van der Waals surface area contributed by atoms with E-state index < -0.39 is 5.92 Å². The number of ether oxygens (including phenoxy) is 2. The lowest BCUT2D eigenvalue weighted by molar-refractivity contribution is -0.118. The van der Waals surface area contributed by atoms with Gasteiger partial charge in [0.25, 0.3) is 5.92 Å². The summed E-state index contributed by atoms with van der Waals surface area (Å²) in [5.41, 5.74) is 2.21. The van der Waals surface area contributed by atoms with Gasteiger partial charge in [-0.3, -0.25) is 4.79 Å². The lowest BCUT2D eigenvalue weighted by Crippen LogP contribution is -2.14. The van der Waals surface area contributed by atoms with Crippen LogP contribution in [0.4, 0.5) is 8.78 Å². The summed E-state index contributed by atoms with van der Waals surface area (Å²) >= 11 is 0. The first-order chi connectivity index (χ1) is 14.0. The molecule has 2 aliphatic rings. The van der Waals surface area contributed by atoms with E-state index in [-0.39, 0.29) is 25.0 Å². The number of benzene rings is 2. The van der Waals surface area contributed by atoms with Gasteiger partial charge in [-0.1, -0.05) is 60.7 Å². The highest BCUT2D eigenvalue weighted by Gasteiger charge is 2.39. The van der Waals surface area contributed by atoms with Crippen molar-refractivity contribution < 1.29 is 23.0 Å². The number of hydrogen-bond donors (Lipinski definition) is 0. The summed E-state index contributed by atoms with van der Waals surface area (Å²) in [4.78, 5) is 11.0. The van der Waals surface area contributed by atoms with E-state index >= 15 is 0 Å². The minimum absolute atomic E-state index is 0.0353. The van der Waals surface area contributed by atoms with Gasteiger partial charge < -0.3 is 9.47 Å². The first kappa shape index (κ1) is 21.6. The maximum absolute atomic E-state index is 12.8. The van der Waals surface area contributed by atoms with Gasteiger partial charge in [-0.25, -0.2) is 8.78 Å². The first-order valence-electron chi connectivity index (χ1n) is 10.2. The van der Waals surface area contributed by atoms with Crippen LogP contribution >= 0.6 is 0 Å². The van der Waals surface area contributed by atoms with Crippen molar-refractivity contribution in [1.29, 1.82) is 0 Å². The van der Waals surface area contributed by atoms with Crippen LogP contribution in [0.5, 0.6) is 0 Å². The van der Waals surface area contributed by atoms with E-state index in [2.05, 4.69) is 0 Å². The standard InChI is InChI=1S/C12H14F2O.C12H14O2/c13-12(14)7-6-11(8-12)15-9-10-4-2-1-3-5-10;13-11-6-7-12(8-11)14-9-10-4-2-1-3-5-10/h1-5,11H,6-9H2;1-5,12H,6-9H2. The normalized spacial score (nSPS) is 22.9. The highest BCUT2D eigenvalue weighted by Crippen LogP contribution is 2.36. The second kappa shape index (κ2) is 10.6. The average Bonchev–Trinajstić information content (AvgIpc) is 3.31. The molecule has 4 rings (SSSR count). The number of Topliss-reactive ketones (excluding diaryl/α,β-unsaturated/α-hetero) is 1. The second-order valence-electron chi connectivity index (χ2n) is 7.72. The van der Waals surface area contributed by atoms with Crippen LogP contribution in [0.25, 0.3) is 0 Å². The molecule has 0 saturated heterocycles. The Bertz CT molecular complexity index is 749. The van der Waals surface area contributed by atoms with Crippen molar-refractivity contribution in [2.75, 3.05) is 0 Å². The fourth-order valence-corrected chi connectivity index (χ4v) is 3.55. The predicted molar refractivity (Wildman–Crippen MR) is 108 cm³/mol. The van der Waals surface area contributed by atoms with Crippen LogP contribution < -0.4 is 0 Å². The summed E-state index contributed by atoms with van der Waals surface area (Å²) in [7, 11) is 0. The first-order valence-corrected chi connectivity index (χ1v) is 10.2. The van der Waals surface area contributed by atoms with Gasteiger partial charge in [0.1, 0.15) is 5.78 Å². The number of halogens is 2. The van der Waals surface area contributed by atoms with Gasteiger partial charge in [0.15, 0.2) is 0 Å². The van der Waals surface area contributed by atoms with Crippen LogP contribution in [0.1, 0.15) is 49.7 Å². The van der Waals surface area contributed by atoms with Crippen LogP contribution in [-0.4, -0.2) is 23.9 Å². The van der Waals surface area contributed by atoms with E-state index in [1.165, 1.54) is 5.56 Å². The Morgan fingerprint density at radius 2 is 1.38 bits per heavy atom. The molecule has 0 aliphatic heterocycles. The third-order valence-electron chi connectivity index (χ3n) is 5.22. The summed E-state index contributed by atoms with van der Waals surface area (Å²) in [6.07, 6.45) is 2.38. The van der Waals surface area contributed by atoms with Crippen LogP contribution in [0.3, 0.4) is 0 Å². The highest BCUT2D eigenvalue weighted by molar-refractivity contribution is 5.81. The van der Waals surface area contributed by atoms with Gasteiger partial charge in [-0.15, -0.1) is 0 Å². The summed E-state index contributed by atoms with van der Waals surface area (Å²) in [6, 6.07) is 19.7. The minimum Gasteiger partial charge on any atom is -0.373 e. The van der Waals surface area contributed by atoms with E-state index in [0.717, 1.165) is 12.0 Å². The molecule has 2 atom stereocenters. The Balaban J connectivity index is 0.000000166. The third kappa shape index (κ3) is 7.67. The van der Waals surface area contributed by atoms with Crippen molar-refractivity contribution in [3.05, 3.63) is 71.8 Å². The predicted octanol–water partition coefficient (Wildman–Crippen LogP) is 5.72. The molecule has 0 bridgehead atoms. The molecule has 0 amide bonds. The molecule has 2 unspecified atom stereocenters. The Morgan fingerprint density at radius 1 is 0.828 bits per heavy atom. The van der Waals surface area contributed by atoms with Crippen molar-refractivity contribution in [2.24, 2.45) is 0 Å². The molecule has 0 radical (unpaired) electrons. The number of carbonyl (C=O) groups is 1. The SMILES string of the molecule is FC1(F)CCC(OCc2ccccc2)C1.O=C1CCC(OCc2ccccc2)C1. The Kier molecular flexibility index (Phi) is 7.90. The zero-order valence-corrected chi connectivity index (χ0v) is 16.6. The summed E-state index contributed by atoms with van der Waals surface area (Å²) < 4.78 is 36.8. The Hall–Kier alpha value is -2.11. The van der Waals surface area contributed by atoms with Crippen molar-refractivity contribution >= 4 is 5.78 Å². The van der Waals surface area contributed by atoms with E-state index in [0.29, 0.717) is 38.3 Å². The smallest absolute Gasteiger partial charge is 0.250 e. The van der Waals surface area contributed by atoms with Gasteiger partial charge in [0, 0.05) is 25.7 Å². The van der Waals surface area contributed by atoms with E-state index in [4.69, 9.17) is 9.47 Å². The maximum Gasteiger partial charge on any atom is 0.250 e. The van der Waals surface area contributed by atoms with Crippen molar-refractivity contribution in [3.63, 3.8) is 0 Å². The largest absolute Gasteiger partial charge is 0.373 e. The number of carbonyl (C=O) groups excluding carboxylic acids is 1. The molecule has 2 aromatic rings. The maximum atomic E-state index is 12.8. The van der Waals surface area contributed by atoms with Gasteiger partial charge in [-0.2, -0.15) is 0 Å². The molecule has 2 saturated carbocycles. The lowest BCUT2D eigenvalue weighted by Gasteiger charge is -2.11. The molecular formula is C24H28F2O3. The lowest BCUT2D eigenvalue weighted by atomic mass is 10.2. The average molecular weight is 402 g/mol. The monoisotopic (exact) mass is 402 g/mol. The molecular weight excluding hydrogens is 374 g/mol. The zero-order chi connectivity index (χ0) is 20.5. The fraction of sp³-hybridized carbons (Fsp3) is 0.458.